The van der Waals surface area contributed by atoms with Gasteiger partial charge in [-0.15, -0.1) is 0 Å². The molecular formula is C29H34ClN3O4S. The lowest BCUT2D eigenvalue weighted by molar-refractivity contribution is -0.139. The second-order valence-electron chi connectivity index (χ2n) is 9.21. The van der Waals surface area contributed by atoms with Crippen molar-refractivity contribution in [2.45, 2.75) is 57.6 Å². The van der Waals surface area contributed by atoms with Crippen molar-refractivity contribution >= 4 is 39.1 Å². The number of anilines is 1. The van der Waals surface area contributed by atoms with Gasteiger partial charge in [0.05, 0.1) is 10.6 Å². The van der Waals surface area contributed by atoms with Crippen LogP contribution >= 0.6 is 11.6 Å². The molecule has 38 heavy (non-hydrogen) atoms. The molecule has 0 aromatic heterocycles. The number of hydrogen-bond donors (Lipinski definition) is 1. The average molecular weight is 556 g/mol. The van der Waals surface area contributed by atoms with Gasteiger partial charge in [0.25, 0.3) is 10.0 Å². The number of carbonyl (C=O) groups is 2. The number of nitrogens with one attached hydrogen (secondary N) is 1. The molecular weight excluding hydrogens is 522 g/mol. The number of carbonyl (C=O) groups excluding carboxylic acids is 2. The van der Waals surface area contributed by atoms with Gasteiger partial charge in [0.2, 0.25) is 11.8 Å². The lowest BCUT2D eigenvalue weighted by Gasteiger charge is -2.33. The predicted molar refractivity (Wildman–Crippen MR) is 152 cm³/mol. The van der Waals surface area contributed by atoms with Crippen molar-refractivity contribution in [2.24, 2.45) is 0 Å². The number of nitrogens with zero attached hydrogens (tertiary/aromatic N) is 2. The maximum atomic E-state index is 13.9. The molecule has 202 valence electrons. The molecule has 0 aliphatic heterocycles. The molecule has 0 saturated carbocycles. The summed E-state index contributed by atoms with van der Waals surface area (Å²) in [4.78, 5) is 28.4. The summed E-state index contributed by atoms with van der Waals surface area (Å²) in [5.41, 5.74) is 1.64. The van der Waals surface area contributed by atoms with Crippen LogP contribution in [0.4, 0.5) is 5.69 Å². The van der Waals surface area contributed by atoms with Crippen LogP contribution in [0, 0.1) is 6.92 Å². The van der Waals surface area contributed by atoms with Crippen molar-refractivity contribution in [3.8, 4) is 0 Å². The van der Waals surface area contributed by atoms with E-state index in [1.165, 1.54) is 17.0 Å². The molecule has 0 saturated heterocycles. The van der Waals surface area contributed by atoms with Crippen LogP contribution in [-0.4, -0.2) is 43.8 Å². The zero-order valence-corrected chi connectivity index (χ0v) is 23.7. The van der Waals surface area contributed by atoms with E-state index in [-0.39, 0.29) is 23.4 Å². The Kier molecular flexibility index (Phi) is 9.94. The molecule has 3 rings (SSSR count). The van der Waals surface area contributed by atoms with Crippen LogP contribution in [0.3, 0.4) is 0 Å². The van der Waals surface area contributed by atoms with E-state index < -0.39 is 28.5 Å². The fourth-order valence-electron chi connectivity index (χ4n) is 3.93. The number of halogens is 1. The van der Waals surface area contributed by atoms with Crippen molar-refractivity contribution in [3.63, 3.8) is 0 Å². The van der Waals surface area contributed by atoms with Crippen LogP contribution in [-0.2, 0) is 26.2 Å². The Balaban J connectivity index is 2.04. The van der Waals surface area contributed by atoms with E-state index >= 15 is 0 Å². The first-order valence-corrected chi connectivity index (χ1v) is 14.3. The zero-order chi connectivity index (χ0) is 27.9. The van der Waals surface area contributed by atoms with Gasteiger partial charge in [0, 0.05) is 17.6 Å². The number of amides is 2. The second-order valence-corrected chi connectivity index (χ2v) is 11.5. The van der Waals surface area contributed by atoms with E-state index in [9.17, 15) is 18.0 Å². The van der Waals surface area contributed by atoms with Gasteiger partial charge in [-0.2, -0.15) is 0 Å². The molecule has 0 bridgehead atoms. The summed E-state index contributed by atoms with van der Waals surface area (Å²) < 4.78 is 28.7. The number of hydrogen-bond acceptors (Lipinski definition) is 4. The molecule has 0 radical (unpaired) electrons. The van der Waals surface area contributed by atoms with Gasteiger partial charge in [0.15, 0.2) is 0 Å². The van der Waals surface area contributed by atoms with Crippen LogP contribution in [0.25, 0.3) is 0 Å². The van der Waals surface area contributed by atoms with Crippen molar-refractivity contribution in [3.05, 3.63) is 95.0 Å². The monoisotopic (exact) mass is 555 g/mol. The Morgan fingerprint density at radius 2 is 1.53 bits per heavy atom. The van der Waals surface area contributed by atoms with Gasteiger partial charge in [-0.3, -0.25) is 13.9 Å². The van der Waals surface area contributed by atoms with Gasteiger partial charge in [-0.05, 0) is 62.6 Å². The molecule has 3 aromatic carbocycles. The summed E-state index contributed by atoms with van der Waals surface area (Å²) in [6.07, 6.45) is 0.738. The Bertz CT molecular complexity index is 1350. The van der Waals surface area contributed by atoms with Crippen molar-refractivity contribution in [1.82, 2.24) is 10.2 Å². The van der Waals surface area contributed by atoms with Gasteiger partial charge < -0.3 is 10.2 Å². The molecule has 0 fully saturated rings. The smallest absolute Gasteiger partial charge is 0.264 e. The summed E-state index contributed by atoms with van der Waals surface area (Å²) in [5, 5.41) is 3.31. The largest absolute Gasteiger partial charge is 0.352 e. The number of rotatable bonds is 11. The molecule has 7 nitrogen and oxygen atoms in total. The highest BCUT2D eigenvalue weighted by molar-refractivity contribution is 7.92. The third-order valence-corrected chi connectivity index (χ3v) is 8.67. The average Bonchev–Trinajstić information content (AvgIpc) is 2.92. The molecule has 1 N–H and O–H groups in total. The van der Waals surface area contributed by atoms with E-state index in [1.807, 2.05) is 44.2 Å². The van der Waals surface area contributed by atoms with Crippen LogP contribution in [0.1, 0.15) is 38.3 Å². The number of benzene rings is 3. The van der Waals surface area contributed by atoms with Crippen molar-refractivity contribution in [2.75, 3.05) is 10.8 Å². The maximum Gasteiger partial charge on any atom is 0.264 e. The standard InChI is InChI=1S/C29H34ClN3O4S/c1-5-21(2)31-29(35)23(4)32(19-24-13-8-6-9-14-24)28(34)20-33(27-18-12-17-26(30)22(27)3)38(36,37)25-15-10-7-11-16-25/h6-18,21,23H,5,19-20H2,1-4H3,(H,31,35)/t21-,23+/m0/s1. The molecule has 0 spiro atoms. The van der Waals surface area contributed by atoms with E-state index in [1.54, 1.807) is 50.2 Å². The van der Waals surface area contributed by atoms with Crippen molar-refractivity contribution < 1.29 is 18.0 Å². The fraction of sp³-hybridized carbons (Fsp3) is 0.310. The minimum Gasteiger partial charge on any atom is -0.352 e. The molecule has 9 heteroatoms. The minimum atomic E-state index is -4.14. The van der Waals surface area contributed by atoms with E-state index in [4.69, 9.17) is 11.6 Å². The third-order valence-electron chi connectivity index (χ3n) is 6.48. The summed E-state index contributed by atoms with van der Waals surface area (Å²) >= 11 is 6.34. The van der Waals surface area contributed by atoms with Crippen molar-refractivity contribution in [1.29, 1.82) is 0 Å². The first kappa shape index (κ1) is 29.2. The van der Waals surface area contributed by atoms with Crippen LogP contribution in [0.2, 0.25) is 5.02 Å². The highest BCUT2D eigenvalue weighted by Gasteiger charge is 2.33. The van der Waals surface area contributed by atoms with Crippen LogP contribution in [0.15, 0.2) is 83.8 Å². The highest BCUT2D eigenvalue weighted by atomic mass is 35.5. The lowest BCUT2D eigenvalue weighted by atomic mass is 10.1. The highest BCUT2D eigenvalue weighted by Crippen LogP contribution is 2.31. The van der Waals surface area contributed by atoms with Gasteiger partial charge in [-0.25, -0.2) is 8.42 Å². The summed E-state index contributed by atoms with van der Waals surface area (Å²) in [6.45, 7) is 6.85. The van der Waals surface area contributed by atoms with Gasteiger partial charge in [0.1, 0.15) is 12.6 Å². The molecule has 0 heterocycles. The predicted octanol–water partition coefficient (Wildman–Crippen LogP) is 5.18. The van der Waals surface area contributed by atoms with Crippen LogP contribution < -0.4 is 9.62 Å². The summed E-state index contributed by atoms with van der Waals surface area (Å²) in [7, 11) is -4.14. The quantitative estimate of drug-likeness (QED) is 0.353. The van der Waals surface area contributed by atoms with Gasteiger partial charge in [-0.1, -0.05) is 73.1 Å². The van der Waals surface area contributed by atoms with E-state index in [2.05, 4.69) is 5.32 Å². The summed E-state index contributed by atoms with van der Waals surface area (Å²) in [6, 6.07) is 21.3. The normalized spacial score (nSPS) is 12.9. The Morgan fingerprint density at radius 1 is 0.921 bits per heavy atom. The first-order valence-electron chi connectivity index (χ1n) is 12.5. The molecule has 0 unspecified atom stereocenters. The zero-order valence-electron chi connectivity index (χ0n) is 22.1. The maximum absolute atomic E-state index is 13.9. The Morgan fingerprint density at radius 3 is 2.13 bits per heavy atom. The lowest BCUT2D eigenvalue weighted by Crippen LogP contribution is -2.52. The third kappa shape index (κ3) is 6.94. The molecule has 0 aliphatic rings. The molecule has 0 aliphatic carbocycles. The second kappa shape index (κ2) is 12.9. The number of sulfonamides is 1. The first-order chi connectivity index (χ1) is 18.1. The van der Waals surface area contributed by atoms with E-state index in [0.29, 0.717) is 16.3 Å². The topological polar surface area (TPSA) is 86.8 Å². The van der Waals surface area contributed by atoms with E-state index in [0.717, 1.165) is 16.3 Å². The Hall–Kier alpha value is -3.36. The van der Waals surface area contributed by atoms with Gasteiger partial charge >= 0.3 is 0 Å². The molecule has 3 aromatic rings. The molecule has 2 atom stereocenters. The SMILES string of the molecule is CC[C@H](C)NC(=O)[C@@H](C)N(Cc1ccccc1)C(=O)CN(c1cccc(Cl)c1C)S(=O)(=O)c1ccccc1. The van der Waals surface area contributed by atoms with Crippen LogP contribution in [0.5, 0.6) is 0 Å². The summed E-state index contributed by atoms with van der Waals surface area (Å²) in [5.74, 6) is -0.820. The minimum absolute atomic E-state index is 0.0457. The molecule has 2 amide bonds. The fourth-order valence-corrected chi connectivity index (χ4v) is 5.59. The Labute approximate surface area is 230 Å².